The molecule has 1 fully saturated rings. The van der Waals surface area contributed by atoms with Gasteiger partial charge in [-0.05, 0) is 51.2 Å². The predicted molar refractivity (Wildman–Crippen MR) is 82.4 cm³/mol. The van der Waals surface area contributed by atoms with Crippen molar-refractivity contribution in [1.82, 2.24) is 4.90 Å². The average Bonchev–Trinajstić information content (AvgIpc) is 2.90. The van der Waals surface area contributed by atoms with Gasteiger partial charge in [-0.1, -0.05) is 12.8 Å². The Kier molecular flexibility index (Phi) is 5.68. The van der Waals surface area contributed by atoms with Gasteiger partial charge in [0.25, 0.3) is 0 Å². The second-order valence-electron chi connectivity index (χ2n) is 5.88. The third-order valence-corrected chi connectivity index (χ3v) is 3.60. The molecular formula is C16H26N2O2. The van der Waals surface area contributed by atoms with Crippen LogP contribution in [-0.4, -0.2) is 49.4 Å². The van der Waals surface area contributed by atoms with E-state index in [2.05, 4.69) is 5.32 Å². The Morgan fingerprint density at radius 3 is 2.50 bits per heavy atom. The topological polar surface area (TPSA) is 44.7 Å². The summed E-state index contributed by atoms with van der Waals surface area (Å²) >= 11 is 0. The molecule has 1 aromatic carbocycles. The van der Waals surface area contributed by atoms with Crippen molar-refractivity contribution >= 4 is 5.69 Å². The second kappa shape index (κ2) is 7.50. The van der Waals surface area contributed by atoms with Crippen molar-refractivity contribution in [2.75, 3.05) is 32.6 Å². The summed E-state index contributed by atoms with van der Waals surface area (Å²) in [4.78, 5) is 1.95. The van der Waals surface area contributed by atoms with Gasteiger partial charge in [0.2, 0.25) is 0 Å². The maximum Gasteiger partial charge on any atom is 0.119 e. The van der Waals surface area contributed by atoms with Crippen molar-refractivity contribution in [2.24, 2.45) is 0 Å². The molecule has 0 spiro atoms. The molecule has 1 aliphatic carbocycles. The quantitative estimate of drug-likeness (QED) is 0.803. The third-order valence-electron chi connectivity index (χ3n) is 3.60. The summed E-state index contributed by atoms with van der Waals surface area (Å²) in [6, 6.07) is 8.64. The lowest BCUT2D eigenvalue weighted by Crippen LogP contribution is -2.30. The van der Waals surface area contributed by atoms with Crippen LogP contribution >= 0.6 is 0 Å². The molecule has 1 atom stereocenters. The molecule has 1 aliphatic rings. The van der Waals surface area contributed by atoms with Crippen LogP contribution in [0.25, 0.3) is 0 Å². The van der Waals surface area contributed by atoms with E-state index in [-0.39, 0.29) is 0 Å². The second-order valence-corrected chi connectivity index (χ2v) is 5.88. The first-order chi connectivity index (χ1) is 9.63. The Balaban J connectivity index is 1.76. The average molecular weight is 278 g/mol. The van der Waals surface area contributed by atoms with E-state index in [4.69, 9.17) is 4.74 Å². The van der Waals surface area contributed by atoms with Crippen molar-refractivity contribution in [3.8, 4) is 5.75 Å². The summed E-state index contributed by atoms with van der Waals surface area (Å²) in [5, 5.41) is 13.3. The van der Waals surface area contributed by atoms with Gasteiger partial charge in [-0.2, -0.15) is 0 Å². The standard InChI is InChI=1S/C16H26N2O2/c1-18(2)11-15(19)12-20-16-9-7-14(8-10-16)17-13-5-3-4-6-13/h7-10,13,15,17,19H,3-6,11-12H2,1-2H3. The molecule has 1 unspecified atom stereocenters. The first kappa shape index (κ1) is 15.1. The number of rotatable bonds is 7. The van der Waals surface area contributed by atoms with Gasteiger partial charge in [0.15, 0.2) is 0 Å². The molecule has 20 heavy (non-hydrogen) atoms. The molecule has 0 saturated heterocycles. The molecule has 4 nitrogen and oxygen atoms in total. The Morgan fingerprint density at radius 1 is 1.25 bits per heavy atom. The van der Waals surface area contributed by atoms with E-state index < -0.39 is 6.10 Å². The summed E-state index contributed by atoms with van der Waals surface area (Å²) in [6.07, 6.45) is 4.76. The van der Waals surface area contributed by atoms with Crippen molar-refractivity contribution < 1.29 is 9.84 Å². The molecule has 2 rings (SSSR count). The lowest BCUT2D eigenvalue weighted by atomic mass is 10.2. The lowest BCUT2D eigenvalue weighted by Gasteiger charge is -2.17. The monoisotopic (exact) mass is 278 g/mol. The van der Waals surface area contributed by atoms with Gasteiger partial charge in [-0.3, -0.25) is 0 Å². The molecule has 0 amide bonds. The van der Waals surface area contributed by atoms with Crippen molar-refractivity contribution in [2.45, 2.75) is 37.8 Å². The Morgan fingerprint density at radius 2 is 1.90 bits per heavy atom. The minimum absolute atomic E-state index is 0.327. The Bertz CT molecular complexity index is 386. The zero-order chi connectivity index (χ0) is 14.4. The maximum absolute atomic E-state index is 9.75. The highest BCUT2D eigenvalue weighted by molar-refractivity contribution is 5.47. The SMILES string of the molecule is CN(C)CC(O)COc1ccc(NC2CCCC2)cc1. The molecule has 0 bridgehead atoms. The number of likely N-dealkylation sites (N-methyl/N-ethyl adjacent to an activating group) is 1. The van der Waals surface area contributed by atoms with E-state index in [1.165, 1.54) is 25.7 Å². The molecule has 1 saturated carbocycles. The van der Waals surface area contributed by atoms with E-state index in [0.717, 1.165) is 11.4 Å². The number of anilines is 1. The molecule has 0 heterocycles. The number of aliphatic hydroxyl groups is 1. The lowest BCUT2D eigenvalue weighted by molar-refractivity contribution is 0.0831. The first-order valence-electron chi connectivity index (χ1n) is 7.45. The minimum Gasteiger partial charge on any atom is -0.491 e. The molecule has 1 aromatic rings. The number of nitrogens with one attached hydrogen (secondary N) is 1. The molecule has 2 N–H and O–H groups in total. The fourth-order valence-electron chi connectivity index (χ4n) is 2.62. The van der Waals surface area contributed by atoms with E-state index in [1.807, 2.05) is 43.3 Å². The summed E-state index contributed by atoms with van der Waals surface area (Å²) < 4.78 is 5.59. The number of aliphatic hydroxyl groups excluding tert-OH is 1. The maximum atomic E-state index is 9.75. The molecule has 4 heteroatoms. The normalized spacial score (nSPS) is 17.4. The minimum atomic E-state index is -0.457. The van der Waals surface area contributed by atoms with Crippen LogP contribution in [-0.2, 0) is 0 Å². The van der Waals surface area contributed by atoms with Crippen LogP contribution in [0.15, 0.2) is 24.3 Å². The first-order valence-corrected chi connectivity index (χ1v) is 7.45. The molecule has 0 radical (unpaired) electrons. The van der Waals surface area contributed by atoms with Gasteiger partial charge in [-0.15, -0.1) is 0 Å². The fourth-order valence-corrected chi connectivity index (χ4v) is 2.62. The van der Waals surface area contributed by atoms with Crippen molar-refractivity contribution in [3.63, 3.8) is 0 Å². The van der Waals surface area contributed by atoms with Gasteiger partial charge >= 0.3 is 0 Å². The highest BCUT2D eigenvalue weighted by Crippen LogP contribution is 2.23. The molecule has 112 valence electrons. The van der Waals surface area contributed by atoms with Crippen LogP contribution in [0.1, 0.15) is 25.7 Å². The van der Waals surface area contributed by atoms with Crippen LogP contribution in [0.2, 0.25) is 0 Å². The fraction of sp³-hybridized carbons (Fsp3) is 0.625. The summed E-state index contributed by atoms with van der Waals surface area (Å²) in [5.41, 5.74) is 1.15. The van der Waals surface area contributed by atoms with Gasteiger partial charge in [-0.25, -0.2) is 0 Å². The summed E-state index contributed by atoms with van der Waals surface area (Å²) in [7, 11) is 3.87. The van der Waals surface area contributed by atoms with Crippen molar-refractivity contribution in [3.05, 3.63) is 24.3 Å². The molecule has 0 aromatic heterocycles. The number of hydrogen-bond donors (Lipinski definition) is 2. The number of hydrogen-bond acceptors (Lipinski definition) is 4. The summed E-state index contributed by atoms with van der Waals surface area (Å²) in [6.45, 7) is 0.939. The number of nitrogens with zero attached hydrogens (tertiary/aromatic N) is 1. The van der Waals surface area contributed by atoms with Crippen LogP contribution < -0.4 is 10.1 Å². The number of ether oxygens (including phenoxy) is 1. The zero-order valence-corrected chi connectivity index (χ0v) is 12.5. The highest BCUT2D eigenvalue weighted by Gasteiger charge is 2.14. The zero-order valence-electron chi connectivity index (χ0n) is 12.5. The van der Waals surface area contributed by atoms with Crippen LogP contribution in [0.3, 0.4) is 0 Å². The van der Waals surface area contributed by atoms with Crippen molar-refractivity contribution in [1.29, 1.82) is 0 Å². The highest BCUT2D eigenvalue weighted by atomic mass is 16.5. The van der Waals surface area contributed by atoms with Gasteiger partial charge in [0.05, 0.1) is 0 Å². The van der Waals surface area contributed by atoms with Crippen LogP contribution in [0.5, 0.6) is 5.75 Å². The van der Waals surface area contributed by atoms with Gasteiger partial charge < -0.3 is 20.1 Å². The molecule has 0 aliphatic heterocycles. The number of benzene rings is 1. The summed E-state index contributed by atoms with van der Waals surface area (Å²) in [5.74, 6) is 0.805. The van der Waals surface area contributed by atoms with E-state index >= 15 is 0 Å². The van der Waals surface area contributed by atoms with E-state index in [9.17, 15) is 5.11 Å². The van der Waals surface area contributed by atoms with E-state index in [1.54, 1.807) is 0 Å². The van der Waals surface area contributed by atoms with Gasteiger partial charge in [0, 0.05) is 18.3 Å². The van der Waals surface area contributed by atoms with Crippen LogP contribution in [0, 0.1) is 0 Å². The third kappa shape index (κ3) is 5.02. The Labute approximate surface area is 121 Å². The largest absolute Gasteiger partial charge is 0.491 e. The smallest absolute Gasteiger partial charge is 0.119 e. The van der Waals surface area contributed by atoms with E-state index in [0.29, 0.717) is 19.2 Å². The Hall–Kier alpha value is -1.26. The predicted octanol–water partition coefficient (Wildman–Crippen LogP) is 2.34. The van der Waals surface area contributed by atoms with Gasteiger partial charge in [0.1, 0.15) is 18.5 Å². The van der Waals surface area contributed by atoms with Crippen LogP contribution in [0.4, 0.5) is 5.69 Å². The molecular weight excluding hydrogens is 252 g/mol.